The van der Waals surface area contributed by atoms with Crippen LogP contribution in [0.3, 0.4) is 0 Å². The van der Waals surface area contributed by atoms with E-state index in [1.54, 1.807) is 18.3 Å². The normalized spacial score (nSPS) is 10.3. The molecule has 0 atom stereocenters. The Kier molecular flexibility index (Phi) is 3.18. The van der Waals surface area contributed by atoms with Gasteiger partial charge < -0.3 is 5.84 Å². The van der Waals surface area contributed by atoms with E-state index in [4.69, 9.17) is 11.1 Å². The maximum Gasteiger partial charge on any atom is 0.0991 e. The minimum atomic E-state index is 0.661. The van der Waals surface area contributed by atoms with E-state index in [1.165, 1.54) is 0 Å². The van der Waals surface area contributed by atoms with Gasteiger partial charge in [0.1, 0.15) is 0 Å². The average molecular weight is 221 g/mol. The zero-order valence-electron chi connectivity index (χ0n) is 9.17. The molecule has 17 heavy (non-hydrogen) atoms. The fraction of sp³-hybridized carbons (Fsp3) is 0. The zero-order valence-corrected chi connectivity index (χ0v) is 9.17. The summed E-state index contributed by atoms with van der Waals surface area (Å²) in [4.78, 5) is 0. The molecule has 2 aromatic carbocycles. The number of nitriles is 1. The quantitative estimate of drug-likeness (QED) is 0.481. The zero-order chi connectivity index (χ0) is 12.1. The third kappa shape index (κ3) is 2.50. The Hall–Kier alpha value is -2.60. The number of rotatable bonds is 2. The van der Waals surface area contributed by atoms with Crippen molar-refractivity contribution < 1.29 is 0 Å². The van der Waals surface area contributed by atoms with Crippen LogP contribution in [-0.2, 0) is 0 Å². The maximum atomic E-state index is 8.73. The van der Waals surface area contributed by atoms with E-state index in [2.05, 4.69) is 11.2 Å². The van der Waals surface area contributed by atoms with Crippen LogP contribution in [0.2, 0.25) is 0 Å². The van der Waals surface area contributed by atoms with Gasteiger partial charge in [-0.2, -0.15) is 10.4 Å². The van der Waals surface area contributed by atoms with E-state index in [0.717, 1.165) is 16.7 Å². The number of nitrogens with two attached hydrogens (primary N) is 1. The highest BCUT2D eigenvalue weighted by Gasteiger charge is 1.98. The van der Waals surface area contributed by atoms with E-state index in [9.17, 15) is 0 Å². The second kappa shape index (κ2) is 4.95. The summed E-state index contributed by atoms with van der Waals surface area (Å²) in [5, 5.41) is 12.2. The predicted octanol–water partition coefficient (Wildman–Crippen LogP) is 2.52. The van der Waals surface area contributed by atoms with E-state index in [0.29, 0.717) is 5.56 Å². The minimum Gasteiger partial charge on any atom is -0.323 e. The number of nitrogens with zero attached hydrogens (tertiary/aromatic N) is 2. The Morgan fingerprint density at radius 2 is 1.82 bits per heavy atom. The van der Waals surface area contributed by atoms with Crippen LogP contribution in [0.5, 0.6) is 0 Å². The lowest BCUT2D eigenvalue weighted by molar-refractivity contribution is 1.26. The number of hydrogen-bond acceptors (Lipinski definition) is 3. The molecular formula is C14H11N3. The van der Waals surface area contributed by atoms with Gasteiger partial charge in [-0.25, -0.2) is 0 Å². The molecule has 0 aromatic heterocycles. The lowest BCUT2D eigenvalue weighted by Gasteiger charge is -2.02. The van der Waals surface area contributed by atoms with Crippen molar-refractivity contribution in [2.75, 3.05) is 0 Å². The molecule has 0 saturated heterocycles. The second-order valence-corrected chi connectivity index (χ2v) is 3.59. The second-order valence-electron chi connectivity index (χ2n) is 3.59. The molecule has 2 N–H and O–H groups in total. The Morgan fingerprint density at radius 3 is 2.47 bits per heavy atom. The molecule has 0 bridgehead atoms. The lowest BCUT2D eigenvalue weighted by Crippen LogP contribution is -1.87. The topological polar surface area (TPSA) is 62.2 Å². The molecule has 0 aliphatic rings. The molecule has 0 heterocycles. The van der Waals surface area contributed by atoms with Gasteiger partial charge in [0, 0.05) is 0 Å². The van der Waals surface area contributed by atoms with Crippen LogP contribution < -0.4 is 5.84 Å². The van der Waals surface area contributed by atoms with Gasteiger partial charge in [0.2, 0.25) is 0 Å². The lowest BCUT2D eigenvalue weighted by atomic mass is 10.0. The van der Waals surface area contributed by atoms with Crippen LogP contribution in [0.15, 0.2) is 53.6 Å². The van der Waals surface area contributed by atoms with Gasteiger partial charge in [-0.3, -0.25) is 0 Å². The van der Waals surface area contributed by atoms with Gasteiger partial charge in [-0.15, -0.1) is 0 Å². The molecule has 0 aliphatic heterocycles. The summed E-state index contributed by atoms with van der Waals surface area (Å²) >= 11 is 0. The molecule has 0 spiro atoms. The molecule has 2 aromatic rings. The largest absolute Gasteiger partial charge is 0.323 e. The van der Waals surface area contributed by atoms with E-state index < -0.39 is 0 Å². The highest BCUT2D eigenvalue weighted by atomic mass is 15.1. The fourth-order valence-electron chi connectivity index (χ4n) is 1.62. The number of hydrogen-bond donors (Lipinski definition) is 1. The van der Waals surface area contributed by atoms with Crippen molar-refractivity contribution in [2.24, 2.45) is 10.9 Å². The van der Waals surface area contributed by atoms with E-state index >= 15 is 0 Å². The highest BCUT2D eigenvalue weighted by molar-refractivity contribution is 5.82. The Labute approximate surface area is 99.8 Å². The van der Waals surface area contributed by atoms with Gasteiger partial charge >= 0.3 is 0 Å². The van der Waals surface area contributed by atoms with Gasteiger partial charge in [0.25, 0.3) is 0 Å². The first-order valence-corrected chi connectivity index (χ1v) is 5.17. The van der Waals surface area contributed by atoms with Crippen molar-refractivity contribution in [1.82, 2.24) is 0 Å². The third-order valence-electron chi connectivity index (χ3n) is 2.46. The van der Waals surface area contributed by atoms with Crippen LogP contribution in [0, 0.1) is 11.3 Å². The first-order valence-electron chi connectivity index (χ1n) is 5.17. The molecule has 3 heteroatoms. The highest BCUT2D eigenvalue weighted by Crippen LogP contribution is 2.20. The van der Waals surface area contributed by atoms with Gasteiger partial charge in [0.15, 0.2) is 0 Å². The first kappa shape index (κ1) is 10.9. The smallest absolute Gasteiger partial charge is 0.0991 e. The van der Waals surface area contributed by atoms with Crippen molar-refractivity contribution in [3.05, 3.63) is 59.7 Å². The summed E-state index contributed by atoms with van der Waals surface area (Å²) in [7, 11) is 0. The molecule has 0 radical (unpaired) electrons. The van der Waals surface area contributed by atoms with Gasteiger partial charge in [-0.05, 0) is 34.9 Å². The molecule has 0 fully saturated rings. The van der Waals surface area contributed by atoms with Crippen LogP contribution in [0.1, 0.15) is 11.1 Å². The molecule has 0 saturated carbocycles. The molecule has 0 aliphatic carbocycles. The summed E-state index contributed by atoms with van der Waals surface area (Å²) in [6, 6.07) is 17.5. The SMILES string of the molecule is N#Cc1ccc(-c2cccc(C=NN)c2)cc1. The minimum absolute atomic E-state index is 0.661. The first-order chi connectivity index (χ1) is 8.33. The standard InChI is InChI=1S/C14H11N3/c15-9-11-4-6-13(7-5-11)14-3-1-2-12(8-14)10-17-16/h1-8,10H,16H2. The Bertz CT molecular complexity index is 577. The molecule has 82 valence electrons. The third-order valence-corrected chi connectivity index (χ3v) is 2.46. The summed E-state index contributed by atoms with van der Waals surface area (Å²) in [5.41, 5.74) is 3.76. The molecule has 3 nitrogen and oxygen atoms in total. The van der Waals surface area contributed by atoms with Crippen LogP contribution in [0.25, 0.3) is 11.1 Å². The Morgan fingerprint density at radius 1 is 1.06 bits per heavy atom. The predicted molar refractivity (Wildman–Crippen MR) is 68.4 cm³/mol. The van der Waals surface area contributed by atoms with Gasteiger partial charge in [-0.1, -0.05) is 30.3 Å². The van der Waals surface area contributed by atoms with Crippen molar-refractivity contribution in [3.63, 3.8) is 0 Å². The Balaban J connectivity index is 2.39. The monoisotopic (exact) mass is 221 g/mol. The summed E-state index contributed by atoms with van der Waals surface area (Å²) in [6.45, 7) is 0. The van der Waals surface area contributed by atoms with Crippen molar-refractivity contribution in [2.45, 2.75) is 0 Å². The van der Waals surface area contributed by atoms with Gasteiger partial charge in [0.05, 0.1) is 17.8 Å². The maximum absolute atomic E-state index is 8.73. The average Bonchev–Trinajstić information content (AvgIpc) is 2.40. The molecular weight excluding hydrogens is 210 g/mol. The van der Waals surface area contributed by atoms with Crippen LogP contribution >= 0.6 is 0 Å². The summed E-state index contributed by atoms with van der Waals surface area (Å²) in [6.07, 6.45) is 1.60. The number of benzene rings is 2. The van der Waals surface area contributed by atoms with E-state index in [-0.39, 0.29) is 0 Å². The van der Waals surface area contributed by atoms with Crippen molar-refractivity contribution in [3.8, 4) is 17.2 Å². The van der Waals surface area contributed by atoms with Crippen LogP contribution in [0.4, 0.5) is 0 Å². The molecule has 0 unspecified atom stereocenters. The number of hydrazone groups is 1. The molecule has 0 amide bonds. The van der Waals surface area contributed by atoms with Crippen LogP contribution in [-0.4, -0.2) is 6.21 Å². The molecule has 2 rings (SSSR count). The van der Waals surface area contributed by atoms with Crippen molar-refractivity contribution >= 4 is 6.21 Å². The summed E-state index contributed by atoms with van der Waals surface area (Å²) < 4.78 is 0. The fourth-order valence-corrected chi connectivity index (χ4v) is 1.62. The van der Waals surface area contributed by atoms with E-state index in [1.807, 2.05) is 36.4 Å². The van der Waals surface area contributed by atoms with Crippen molar-refractivity contribution in [1.29, 1.82) is 5.26 Å². The summed E-state index contributed by atoms with van der Waals surface area (Å²) in [5.74, 6) is 5.12.